The predicted molar refractivity (Wildman–Crippen MR) is 144 cm³/mol. The lowest BCUT2D eigenvalue weighted by Crippen LogP contribution is -2.34. The second kappa shape index (κ2) is 12.1. The van der Waals surface area contributed by atoms with Crippen molar-refractivity contribution in [1.29, 1.82) is 0 Å². The van der Waals surface area contributed by atoms with E-state index in [1.165, 1.54) is 7.11 Å². The highest BCUT2D eigenvalue weighted by molar-refractivity contribution is 9.10. The Bertz CT molecular complexity index is 1220. The summed E-state index contributed by atoms with van der Waals surface area (Å²) in [4.78, 5) is 23.9. The molecule has 0 spiro atoms. The molecule has 0 saturated heterocycles. The van der Waals surface area contributed by atoms with Gasteiger partial charge in [0.25, 0.3) is 0 Å². The van der Waals surface area contributed by atoms with Crippen LogP contribution in [0.1, 0.15) is 50.4 Å². The first-order valence-corrected chi connectivity index (χ1v) is 12.5. The third-order valence-corrected chi connectivity index (χ3v) is 5.80. The second-order valence-electron chi connectivity index (χ2n) is 9.49. The lowest BCUT2D eigenvalue weighted by Gasteiger charge is -2.22. The van der Waals surface area contributed by atoms with E-state index in [9.17, 15) is 9.59 Å². The van der Waals surface area contributed by atoms with Gasteiger partial charge in [-0.1, -0.05) is 52.3 Å². The van der Waals surface area contributed by atoms with Crippen molar-refractivity contribution in [3.05, 3.63) is 87.9 Å². The quantitative estimate of drug-likeness (QED) is 0.304. The van der Waals surface area contributed by atoms with E-state index in [1.807, 2.05) is 82.3 Å². The van der Waals surface area contributed by atoms with E-state index < -0.39 is 11.7 Å². The highest BCUT2D eigenvalue weighted by Crippen LogP contribution is 2.29. The maximum absolute atomic E-state index is 12.2. The van der Waals surface area contributed by atoms with E-state index in [1.54, 1.807) is 0 Å². The highest BCUT2D eigenvalue weighted by Gasteiger charge is 2.18. The number of ether oxygens (including phenoxy) is 3. The van der Waals surface area contributed by atoms with Gasteiger partial charge in [0.1, 0.15) is 18.0 Å². The molecule has 0 saturated carbocycles. The fourth-order valence-electron chi connectivity index (χ4n) is 3.64. The van der Waals surface area contributed by atoms with Crippen molar-refractivity contribution in [3.8, 4) is 16.9 Å². The van der Waals surface area contributed by atoms with Crippen LogP contribution in [0.2, 0.25) is 0 Å². The van der Waals surface area contributed by atoms with Crippen LogP contribution in [0.25, 0.3) is 11.1 Å². The molecule has 190 valence electrons. The predicted octanol–water partition coefficient (Wildman–Crippen LogP) is 7.00. The van der Waals surface area contributed by atoms with Crippen molar-refractivity contribution in [1.82, 2.24) is 5.32 Å². The van der Waals surface area contributed by atoms with Crippen molar-refractivity contribution >= 4 is 28.0 Å². The van der Waals surface area contributed by atoms with Crippen LogP contribution < -0.4 is 10.1 Å². The summed E-state index contributed by atoms with van der Waals surface area (Å²) >= 11 is 3.61. The van der Waals surface area contributed by atoms with E-state index in [0.717, 1.165) is 32.3 Å². The van der Waals surface area contributed by atoms with Crippen LogP contribution in [0.5, 0.6) is 5.75 Å². The number of nitrogens with one attached hydrogen (secondary N) is 1. The monoisotopic (exact) mass is 553 g/mol. The Morgan fingerprint density at radius 1 is 0.972 bits per heavy atom. The Kier molecular flexibility index (Phi) is 9.15. The normalized spacial score (nSPS) is 11.9. The summed E-state index contributed by atoms with van der Waals surface area (Å²) in [6.07, 6.45) is -0.298. The number of amides is 1. The lowest BCUT2D eigenvalue weighted by atomic mass is 9.99. The summed E-state index contributed by atoms with van der Waals surface area (Å²) in [7, 11) is 1.37. The lowest BCUT2D eigenvalue weighted by molar-refractivity contribution is -0.139. The number of hydrogen-bond acceptors (Lipinski definition) is 5. The largest absolute Gasteiger partial charge is 0.489 e. The molecular formula is C29H32BrNO5. The van der Waals surface area contributed by atoms with E-state index in [-0.39, 0.29) is 18.4 Å². The van der Waals surface area contributed by atoms with Gasteiger partial charge < -0.3 is 19.5 Å². The van der Waals surface area contributed by atoms with Gasteiger partial charge in [0, 0.05) is 10.0 Å². The summed E-state index contributed by atoms with van der Waals surface area (Å²) in [6, 6.07) is 21.4. The molecule has 36 heavy (non-hydrogen) atoms. The third-order valence-electron chi connectivity index (χ3n) is 5.34. The first-order valence-electron chi connectivity index (χ1n) is 11.7. The minimum Gasteiger partial charge on any atom is -0.489 e. The van der Waals surface area contributed by atoms with E-state index in [4.69, 9.17) is 14.2 Å². The molecule has 0 aromatic heterocycles. The van der Waals surface area contributed by atoms with Crippen LogP contribution in [0.15, 0.2) is 71.2 Å². The average Bonchev–Trinajstić information content (AvgIpc) is 2.82. The molecule has 1 N–H and O–H groups in total. The Morgan fingerprint density at radius 3 is 2.44 bits per heavy atom. The van der Waals surface area contributed by atoms with Crippen LogP contribution in [0.3, 0.4) is 0 Å². The van der Waals surface area contributed by atoms with Crippen LogP contribution in [0, 0.1) is 0 Å². The van der Waals surface area contributed by atoms with Gasteiger partial charge >= 0.3 is 12.1 Å². The van der Waals surface area contributed by atoms with Gasteiger partial charge in [-0.3, -0.25) is 4.79 Å². The molecule has 0 aliphatic heterocycles. The molecule has 7 heteroatoms. The number of carbonyl (C=O) groups is 2. The van der Waals surface area contributed by atoms with Crippen molar-refractivity contribution in [2.75, 3.05) is 7.11 Å². The number of para-hydroxylation sites is 1. The zero-order valence-electron chi connectivity index (χ0n) is 21.3. The number of hydrogen-bond donors (Lipinski definition) is 1. The van der Waals surface area contributed by atoms with Crippen LogP contribution in [0.4, 0.5) is 4.79 Å². The third kappa shape index (κ3) is 8.12. The molecule has 0 fully saturated rings. The molecule has 3 aromatic carbocycles. The molecule has 0 heterocycles. The van der Waals surface area contributed by atoms with Gasteiger partial charge in [-0.25, -0.2) is 4.79 Å². The zero-order chi connectivity index (χ0) is 26.3. The van der Waals surface area contributed by atoms with E-state index in [0.29, 0.717) is 12.4 Å². The van der Waals surface area contributed by atoms with Crippen molar-refractivity contribution in [2.24, 2.45) is 0 Å². The number of rotatable bonds is 8. The van der Waals surface area contributed by atoms with Gasteiger partial charge in [0.2, 0.25) is 0 Å². The first-order chi connectivity index (χ1) is 17.0. The molecule has 1 amide bonds. The molecule has 3 rings (SSSR count). The molecule has 0 aliphatic rings. The number of alkyl carbamates (subject to hydrolysis) is 1. The van der Waals surface area contributed by atoms with E-state index >= 15 is 0 Å². The Hall–Kier alpha value is -3.32. The Morgan fingerprint density at radius 2 is 1.72 bits per heavy atom. The van der Waals surface area contributed by atoms with Crippen LogP contribution >= 0.6 is 15.9 Å². The summed E-state index contributed by atoms with van der Waals surface area (Å²) in [6.45, 7) is 7.77. The fraction of sp³-hybridized carbons (Fsp3) is 0.310. The number of esters is 1. The minimum atomic E-state index is -0.555. The van der Waals surface area contributed by atoms with Crippen molar-refractivity contribution < 1.29 is 23.8 Å². The number of benzene rings is 3. The number of carbonyl (C=O) groups excluding carboxylic acids is 2. The van der Waals surface area contributed by atoms with Crippen LogP contribution in [-0.2, 0) is 27.3 Å². The topological polar surface area (TPSA) is 73.9 Å². The Labute approximate surface area is 221 Å². The number of methoxy groups -OCH3 is 1. The second-order valence-corrected chi connectivity index (χ2v) is 10.4. The van der Waals surface area contributed by atoms with Gasteiger partial charge in [-0.05, 0) is 80.3 Å². The highest BCUT2D eigenvalue weighted by atomic mass is 79.9. The van der Waals surface area contributed by atoms with Crippen LogP contribution in [-0.4, -0.2) is 24.8 Å². The molecule has 3 aromatic rings. The first kappa shape index (κ1) is 27.3. The SMILES string of the molecule is COC(=O)Cc1ccccc1OCc1cc(Br)cc(-c2cccc(C(C)NC(=O)OC(C)(C)C)c2)c1. The van der Waals surface area contributed by atoms with Gasteiger partial charge in [-0.15, -0.1) is 0 Å². The zero-order valence-corrected chi connectivity index (χ0v) is 22.8. The molecule has 1 atom stereocenters. The van der Waals surface area contributed by atoms with Crippen molar-refractivity contribution in [2.45, 2.75) is 52.4 Å². The minimum absolute atomic E-state index is 0.152. The van der Waals surface area contributed by atoms with Crippen molar-refractivity contribution in [3.63, 3.8) is 0 Å². The molecule has 0 radical (unpaired) electrons. The maximum Gasteiger partial charge on any atom is 0.408 e. The van der Waals surface area contributed by atoms with Gasteiger partial charge in [0.05, 0.1) is 19.6 Å². The standard InChI is InChI=1S/C29H32BrNO5/c1-19(31-28(33)36-29(2,3)4)21-10-8-11-22(15-21)24-13-20(14-25(30)16-24)18-35-26-12-7-6-9-23(26)17-27(32)34-5/h6-16,19H,17-18H2,1-5H3,(H,31,33). The Balaban J connectivity index is 1.76. The van der Waals surface area contributed by atoms with Gasteiger partial charge in [-0.2, -0.15) is 0 Å². The van der Waals surface area contributed by atoms with E-state index in [2.05, 4.69) is 33.4 Å². The fourth-order valence-corrected chi connectivity index (χ4v) is 4.18. The molecular weight excluding hydrogens is 522 g/mol. The summed E-state index contributed by atoms with van der Waals surface area (Å²) < 4.78 is 17.2. The number of halogens is 1. The molecule has 0 bridgehead atoms. The van der Waals surface area contributed by atoms with Gasteiger partial charge in [0.15, 0.2) is 0 Å². The summed E-state index contributed by atoms with van der Waals surface area (Å²) in [5.74, 6) is 0.333. The molecule has 0 aliphatic carbocycles. The summed E-state index contributed by atoms with van der Waals surface area (Å²) in [5.41, 5.74) is 4.18. The smallest absolute Gasteiger partial charge is 0.408 e. The molecule has 1 unspecified atom stereocenters. The average molecular weight is 554 g/mol. The maximum atomic E-state index is 12.2. The summed E-state index contributed by atoms with van der Waals surface area (Å²) in [5, 5.41) is 2.89. The molecule has 6 nitrogen and oxygen atoms in total.